The Hall–Kier alpha value is -2.04. The lowest BCUT2D eigenvalue weighted by atomic mass is 10.1. The Balaban J connectivity index is 2.68. The number of hydrogen-bond acceptors (Lipinski definition) is 3. The van der Waals surface area contributed by atoms with Crippen molar-refractivity contribution in [3.05, 3.63) is 29.3 Å². The number of carbonyl (C=O) groups excluding carboxylic acids is 1. The molecule has 0 unspecified atom stereocenters. The van der Waals surface area contributed by atoms with E-state index in [1.165, 1.54) is 19.1 Å². The molecule has 0 saturated carbocycles. The zero-order valence-electron chi connectivity index (χ0n) is 8.86. The van der Waals surface area contributed by atoms with Crippen molar-refractivity contribution in [3.8, 4) is 5.75 Å². The standard InChI is InChI=1S/C11H13NO4/c1-7(13)12-5-4-8-2-3-9(11(15)16)6-10(8)14/h2-3,6,14H,4-5H2,1H3,(H,12,13)(H,15,16). The Kier molecular flexibility index (Phi) is 3.88. The molecule has 5 heteroatoms. The first-order chi connectivity index (χ1) is 7.50. The predicted octanol–water partition coefficient (Wildman–Crippen LogP) is 0.769. The average Bonchev–Trinajstić information content (AvgIpc) is 2.19. The molecule has 0 heterocycles. The summed E-state index contributed by atoms with van der Waals surface area (Å²) in [7, 11) is 0. The SMILES string of the molecule is CC(=O)NCCc1ccc(C(=O)O)cc1O. The number of phenols is 1. The van der Waals surface area contributed by atoms with Gasteiger partial charge in [-0.15, -0.1) is 0 Å². The molecule has 0 aliphatic carbocycles. The molecule has 0 aliphatic rings. The summed E-state index contributed by atoms with van der Waals surface area (Å²) in [4.78, 5) is 21.2. The molecule has 0 bridgehead atoms. The highest BCUT2D eigenvalue weighted by molar-refractivity contribution is 5.88. The Morgan fingerprint density at radius 1 is 1.38 bits per heavy atom. The maximum atomic E-state index is 10.6. The van der Waals surface area contributed by atoms with Gasteiger partial charge in [0.05, 0.1) is 5.56 Å². The minimum absolute atomic E-state index is 0.0424. The fourth-order valence-electron chi connectivity index (χ4n) is 1.28. The van der Waals surface area contributed by atoms with Crippen LogP contribution in [0, 0.1) is 0 Å². The van der Waals surface area contributed by atoms with E-state index in [1.807, 2.05) is 0 Å². The van der Waals surface area contributed by atoms with Gasteiger partial charge in [-0.25, -0.2) is 4.79 Å². The molecular formula is C11H13NO4. The van der Waals surface area contributed by atoms with Gasteiger partial charge in [0, 0.05) is 13.5 Å². The molecule has 16 heavy (non-hydrogen) atoms. The van der Waals surface area contributed by atoms with Crippen molar-refractivity contribution in [3.63, 3.8) is 0 Å². The molecule has 0 aliphatic heterocycles. The van der Waals surface area contributed by atoms with Crippen LogP contribution in [0.15, 0.2) is 18.2 Å². The molecule has 0 saturated heterocycles. The maximum absolute atomic E-state index is 10.6. The van der Waals surface area contributed by atoms with Gasteiger partial charge in [0.15, 0.2) is 0 Å². The van der Waals surface area contributed by atoms with Gasteiger partial charge in [0.2, 0.25) is 5.91 Å². The lowest BCUT2D eigenvalue weighted by Gasteiger charge is -2.05. The molecular weight excluding hydrogens is 210 g/mol. The van der Waals surface area contributed by atoms with Gasteiger partial charge in [0.1, 0.15) is 5.75 Å². The number of aromatic carboxylic acids is 1. The largest absolute Gasteiger partial charge is 0.508 e. The fourth-order valence-corrected chi connectivity index (χ4v) is 1.28. The molecule has 0 radical (unpaired) electrons. The van der Waals surface area contributed by atoms with E-state index in [1.54, 1.807) is 6.07 Å². The van der Waals surface area contributed by atoms with Crippen molar-refractivity contribution in [2.45, 2.75) is 13.3 Å². The summed E-state index contributed by atoms with van der Waals surface area (Å²) in [5.74, 6) is -1.28. The van der Waals surface area contributed by atoms with Crippen molar-refractivity contribution < 1.29 is 19.8 Å². The van der Waals surface area contributed by atoms with E-state index < -0.39 is 5.97 Å². The molecule has 0 spiro atoms. The van der Waals surface area contributed by atoms with E-state index in [0.29, 0.717) is 18.5 Å². The number of aromatic hydroxyl groups is 1. The lowest BCUT2D eigenvalue weighted by molar-refractivity contribution is -0.118. The number of benzene rings is 1. The van der Waals surface area contributed by atoms with Crippen LogP contribution in [0.2, 0.25) is 0 Å². The fraction of sp³-hybridized carbons (Fsp3) is 0.273. The minimum atomic E-state index is -1.08. The van der Waals surface area contributed by atoms with E-state index in [4.69, 9.17) is 5.11 Å². The number of hydrogen-bond donors (Lipinski definition) is 3. The number of amides is 1. The third-order valence-corrected chi connectivity index (χ3v) is 2.10. The summed E-state index contributed by atoms with van der Waals surface area (Å²) in [5.41, 5.74) is 0.652. The van der Waals surface area contributed by atoms with E-state index >= 15 is 0 Å². The third-order valence-electron chi connectivity index (χ3n) is 2.10. The summed E-state index contributed by atoms with van der Waals surface area (Å²) < 4.78 is 0. The van der Waals surface area contributed by atoms with Crippen molar-refractivity contribution in [1.29, 1.82) is 0 Å². The first-order valence-electron chi connectivity index (χ1n) is 4.80. The van der Waals surface area contributed by atoms with Gasteiger partial charge in [-0.2, -0.15) is 0 Å². The second-order valence-corrected chi connectivity index (χ2v) is 3.38. The first-order valence-corrected chi connectivity index (χ1v) is 4.80. The highest BCUT2D eigenvalue weighted by Gasteiger charge is 2.07. The zero-order chi connectivity index (χ0) is 12.1. The van der Waals surface area contributed by atoms with Crippen LogP contribution in [0.3, 0.4) is 0 Å². The number of rotatable bonds is 4. The monoisotopic (exact) mass is 223 g/mol. The predicted molar refractivity (Wildman–Crippen MR) is 57.5 cm³/mol. The van der Waals surface area contributed by atoms with Gasteiger partial charge < -0.3 is 15.5 Å². The van der Waals surface area contributed by atoms with Crippen LogP contribution in [0.5, 0.6) is 5.75 Å². The van der Waals surface area contributed by atoms with Crippen LogP contribution in [-0.4, -0.2) is 28.6 Å². The summed E-state index contributed by atoms with van der Waals surface area (Å²) in [5, 5.41) is 20.8. The highest BCUT2D eigenvalue weighted by Crippen LogP contribution is 2.19. The van der Waals surface area contributed by atoms with E-state index in [2.05, 4.69) is 5.32 Å². The molecule has 86 valence electrons. The molecule has 0 fully saturated rings. The van der Waals surface area contributed by atoms with E-state index in [0.717, 1.165) is 0 Å². The van der Waals surface area contributed by atoms with Gasteiger partial charge in [-0.1, -0.05) is 6.07 Å². The van der Waals surface area contributed by atoms with E-state index in [9.17, 15) is 14.7 Å². The lowest BCUT2D eigenvalue weighted by Crippen LogP contribution is -2.22. The van der Waals surface area contributed by atoms with Gasteiger partial charge in [-0.05, 0) is 24.1 Å². The molecule has 1 aromatic carbocycles. The number of nitrogens with one attached hydrogen (secondary N) is 1. The van der Waals surface area contributed by atoms with E-state index in [-0.39, 0.29) is 17.2 Å². The molecule has 1 rings (SSSR count). The van der Waals surface area contributed by atoms with Gasteiger partial charge >= 0.3 is 5.97 Å². The average molecular weight is 223 g/mol. The molecule has 5 nitrogen and oxygen atoms in total. The molecule has 0 aromatic heterocycles. The summed E-state index contributed by atoms with van der Waals surface area (Å²) in [6.07, 6.45) is 0.464. The Bertz CT molecular complexity index is 414. The number of carbonyl (C=O) groups is 2. The molecule has 1 aromatic rings. The minimum Gasteiger partial charge on any atom is -0.508 e. The van der Waals surface area contributed by atoms with Crippen LogP contribution in [0.4, 0.5) is 0 Å². The molecule has 0 atom stereocenters. The normalized spacial score (nSPS) is 9.81. The quantitative estimate of drug-likeness (QED) is 0.703. The van der Waals surface area contributed by atoms with Crippen LogP contribution in [-0.2, 0) is 11.2 Å². The molecule has 1 amide bonds. The number of phenolic OH excluding ortho intramolecular Hbond substituents is 1. The zero-order valence-corrected chi connectivity index (χ0v) is 8.86. The van der Waals surface area contributed by atoms with Crippen molar-refractivity contribution in [2.24, 2.45) is 0 Å². The Labute approximate surface area is 92.7 Å². The van der Waals surface area contributed by atoms with Gasteiger partial charge in [-0.3, -0.25) is 4.79 Å². The second kappa shape index (κ2) is 5.16. The Morgan fingerprint density at radius 2 is 2.06 bits per heavy atom. The summed E-state index contributed by atoms with van der Waals surface area (Å²) in [6, 6.07) is 4.16. The highest BCUT2D eigenvalue weighted by atomic mass is 16.4. The van der Waals surface area contributed by atoms with Crippen LogP contribution >= 0.6 is 0 Å². The summed E-state index contributed by atoms with van der Waals surface area (Å²) >= 11 is 0. The van der Waals surface area contributed by atoms with Crippen LogP contribution in [0.25, 0.3) is 0 Å². The third kappa shape index (κ3) is 3.27. The van der Waals surface area contributed by atoms with Crippen molar-refractivity contribution >= 4 is 11.9 Å². The number of carboxylic acid groups (broad SMARTS) is 1. The maximum Gasteiger partial charge on any atom is 0.335 e. The Morgan fingerprint density at radius 3 is 2.56 bits per heavy atom. The molecule has 3 N–H and O–H groups in total. The second-order valence-electron chi connectivity index (χ2n) is 3.38. The van der Waals surface area contributed by atoms with Crippen molar-refractivity contribution in [1.82, 2.24) is 5.32 Å². The topological polar surface area (TPSA) is 86.6 Å². The smallest absolute Gasteiger partial charge is 0.335 e. The van der Waals surface area contributed by atoms with Crippen molar-refractivity contribution in [2.75, 3.05) is 6.54 Å². The van der Waals surface area contributed by atoms with Crippen LogP contribution < -0.4 is 5.32 Å². The van der Waals surface area contributed by atoms with Crippen LogP contribution in [0.1, 0.15) is 22.8 Å². The number of carboxylic acids is 1. The van der Waals surface area contributed by atoms with Gasteiger partial charge in [0.25, 0.3) is 0 Å². The first kappa shape index (κ1) is 12.0. The summed E-state index contributed by atoms with van der Waals surface area (Å²) in [6.45, 7) is 1.82.